The van der Waals surface area contributed by atoms with Crippen molar-refractivity contribution in [2.24, 2.45) is 11.8 Å². The number of carbonyl (C=O) groups excluding carboxylic acids is 2. The molecule has 0 spiro atoms. The van der Waals surface area contributed by atoms with Crippen LogP contribution in [0.3, 0.4) is 0 Å². The molecule has 0 saturated carbocycles. The first kappa shape index (κ1) is 13.2. The van der Waals surface area contributed by atoms with Crippen LogP contribution in [0.25, 0.3) is 0 Å². The third-order valence-electron chi connectivity index (χ3n) is 4.47. The van der Waals surface area contributed by atoms with Crippen LogP contribution in [0.2, 0.25) is 0 Å². The van der Waals surface area contributed by atoms with E-state index in [-0.39, 0.29) is 18.4 Å². The van der Waals surface area contributed by atoms with Crippen LogP contribution >= 0.6 is 15.9 Å². The van der Waals surface area contributed by atoms with Crippen molar-refractivity contribution in [3.05, 3.63) is 40.9 Å². The lowest BCUT2D eigenvalue weighted by atomic mass is 9.77. The fourth-order valence-electron chi connectivity index (χ4n) is 3.55. The molecule has 2 amide bonds. The molecule has 1 aromatic rings. The maximum atomic E-state index is 12.7. The van der Waals surface area contributed by atoms with E-state index in [9.17, 15) is 14.7 Å². The standard InChI is InChI=1S/C15H12BrNO4/c16-8-2-1-3-9(6-8)17-13(19)11-10-4-5-15(7-18,21-10)12(11)14(17)20/h1-6,10-12,18H,7H2/t10-,11+,12+,15-/m1/s1. The topological polar surface area (TPSA) is 66.8 Å². The molecule has 3 aliphatic heterocycles. The highest BCUT2D eigenvalue weighted by Gasteiger charge is 2.67. The monoisotopic (exact) mass is 349 g/mol. The van der Waals surface area contributed by atoms with Crippen LogP contribution in [0.1, 0.15) is 0 Å². The number of aliphatic hydroxyl groups excluding tert-OH is 1. The minimum absolute atomic E-state index is 0.257. The van der Waals surface area contributed by atoms with Crippen LogP contribution in [-0.4, -0.2) is 35.2 Å². The molecule has 2 fully saturated rings. The van der Waals surface area contributed by atoms with E-state index in [0.29, 0.717) is 5.69 Å². The van der Waals surface area contributed by atoms with Crippen LogP contribution in [-0.2, 0) is 14.3 Å². The summed E-state index contributed by atoms with van der Waals surface area (Å²) in [5, 5.41) is 9.63. The Bertz CT molecular complexity index is 688. The number of anilines is 1. The number of ether oxygens (including phenoxy) is 1. The summed E-state index contributed by atoms with van der Waals surface area (Å²) in [6.07, 6.45) is 3.07. The van der Waals surface area contributed by atoms with Crippen molar-refractivity contribution in [2.45, 2.75) is 11.7 Å². The molecule has 0 aromatic heterocycles. The zero-order valence-electron chi connectivity index (χ0n) is 10.9. The molecule has 2 bridgehead atoms. The zero-order valence-corrected chi connectivity index (χ0v) is 12.5. The SMILES string of the molecule is O=C1[C@@H]2[C@@H](C(=O)N1c1cccc(Br)c1)[C@]1(CO)C=C[C@H]2O1. The maximum absolute atomic E-state index is 12.7. The summed E-state index contributed by atoms with van der Waals surface area (Å²) in [6.45, 7) is -0.299. The number of rotatable bonds is 2. The van der Waals surface area contributed by atoms with Gasteiger partial charge in [-0.2, -0.15) is 0 Å². The second kappa shape index (κ2) is 4.25. The normalized spacial score (nSPS) is 36.7. The van der Waals surface area contributed by atoms with Gasteiger partial charge in [0, 0.05) is 4.47 Å². The molecular formula is C15H12BrNO4. The number of hydrogen-bond acceptors (Lipinski definition) is 4. The van der Waals surface area contributed by atoms with Gasteiger partial charge in [-0.1, -0.05) is 34.1 Å². The van der Waals surface area contributed by atoms with Crippen molar-refractivity contribution in [1.29, 1.82) is 0 Å². The molecule has 1 N–H and O–H groups in total. The van der Waals surface area contributed by atoms with Gasteiger partial charge in [-0.15, -0.1) is 0 Å². The molecule has 2 saturated heterocycles. The van der Waals surface area contributed by atoms with E-state index in [2.05, 4.69) is 15.9 Å². The number of aliphatic hydroxyl groups is 1. The van der Waals surface area contributed by atoms with Gasteiger partial charge in [0.2, 0.25) is 11.8 Å². The summed E-state index contributed by atoms with van der Waals surface area (Å²) in [4.78, 5) is 26.6. The van der Waals surface area contributed by atoms with E-state index in [1.54, 1.807) is 30.4 Å². The van der Waals surface area contributed by atoms with Gasteiger partial charge in [0.1, 0.15) is 5.60 Å². The van der Waals surface area contributed by atoms with Crippen molar-refractivity contribution in [1.82, 2.24) is 0 Å². The van der Waals surface area contributed by atoms with Crippen molar-refractivity contribution < 1.29 is 19.4 Å². The molecule has 3 heterocycles. The quantitative estimate of drug-likeness (QED) is 0.644. The van der Waals surface area contributed by atoms with Crippen molar-refractivity contribution in [3.8, 4) is 0 Å². The summed E-state index contributed by atoms with van der Waals surface area (Å²) in [7, 11) is 0. The Morgan fingerprint density at radius 3 is 2.86 bits per heavy atom. The number of nitrogens with zero attached hydrogens (tertiary/aromatic N) is 1. The van der Waals surface area contributed by atoms with E-state index in [0.717, 1.165) is 4.47 Å². The van der Waals surface area contributed by atoms with Gasteiger partial charge in [0.25, 0.3) is 0 Å². The van der Waals surface area contributed by atoms with Gasteiger partial charge in [0.05, 0.1) is 30.2 Å². The second-order valence-corrected chi connectivity index (χ2v) is 6.47. The van der Waals surface area contributed by atoms with E-state index in [1.807, 2.05) is 6.07 Å². The van der Waals surface area contributed by atoms with Crippen LogP contribution < -0.4 is 4.90 Å². The molecule has 1 aromatic carbocycles. The summed E-state index contributed by atoms with van der Waals surface area (Å²) in [5.74, 6) is -1.73. The van der Waals surface area contributed by atoms with Crippen LogP contribution in [0.5, 0.6) is 0 Å². The van der Waals surface area contributed by atoms with Crippen LogP contribution in [0, 0.1) is 11.8 Å². The van der Waals surface area contributed by atoms with Gasteiger partial charge in [-0.3, -0.25) is 9.59 Å². The molecular weight excluding hydrogens is 338 g/mol. The molecule has 0 unspecified atom stereocenters. The number of carbonyl (C=O) groups is 2. The fourth-order valence-corrected chi connectivity index (χ4v) is 3.94. The van der Waals surface area contributed by atoms with Crippen molar-refractivity contribution in [3.63, 3.8) is 0 Å². The minimum Gasteiger partial charge on any atom is -0.393 e. The van der Waals surface area contributed by atoms with Gasteiger partial charge in [-0.25, -0.2) is 4.90 Å². The molecule has 0 aliphatic carbocycles. The average molecular weight is 350 g/mol. The summed E-state index contributed by atoms with van der Waals surface area (Å²) < 4.78 is 6.48. The number of imide groups is 1. The molecule has 4 atom stereocenters. The first-order valence-electron chi connectivity index (χ1n) is 6.69. The second-order valence-electron chi connectivity index (χ2n) is 5.55. The van der Waals surface area contributed by atoms with Crippen molar-refractivity contribution in [2.75, 3.05) is 11.5 Å². The number of benzene rings is 1. The van der Waals surface area contributed by atoms with Crippen LogP contribution in [0.15, 0.2) is 40.9 Å². The minimum atomic E-state index is -1.04. The molecule has 108 valence electrons. The van der Waals surface area contributed by atoms with E-state index < -0.39 is 23.5 Å². The van der Waals surface area contributed by atoms with E-state index in [4.69, 9.17) is 4.74 Å². The molecule has 5 nitrogen and oxygen atoms in total. The van der Waals surface area contributed by atoms with Gasteiger partial charge in [0.15, 0.2) is 0 Å². The number of amides is 2. The Morgan fingerprint density at radius 1 is 1.33 bits per heavy atom. The van der Waals surface area contributed by atoms with E-state index in [1.165, 1.54) is 4.90 Å². The average Bonchev–Trinajstić information content (AvgIpc) is 3.10. The highest BCUT2D eigenvalue weighted by molar-refractivity contribution is 9.10. The number of fused-ring (bicyclic) bond motifs is 5. The Balaban J connectivity index is 1.79. The third kappa shape index (κ3) is 1.58. The first-order chi connectivity index (χ1) is 10.1. The smallest absolute Gasteiger partial charge is 0.241 e. The highest BCUT2D eigenvalue weighted by atomic mass is 79.9. The Hall–Kier alpha value is -1.50. The Kier molecular flexibility index (Phi) is 2.67. The number of halogens is 1. The molecule has 0 radical (unpaired) electrons. The number of hydrogen-bond donors (Lipinski definition) is 1. The lowest BCUT2D eigenvalue weighted by Crippen LogP contribution is -2.43. The molecule has 6 heteroatoms. The Labute approximate surface area is 129 Å². The zero-order chi connectivity index (χ0) is 14.8. The summed E-state index contributed by atoms with van der Waals surface area (Å²) in [6, 6.07) is 7.07. The molecule has 3 aliphatic rings. The lowest BCUT2D eigenvalue weighted by Gasteiger charge is -2.26. The summed E-state index contributed by atoms with van der Waals surface area (Å²) >= 11 is 3.34. The lowest BCUT2D eigenvalue weighted by molar-refractivity contribution is -0.128. The fraction of sp³-hybridized carbons (Fsp3) is 0.333. The molecule has 21 heavy (non-hydrogen) atoms. The first-order valence-corrected chi connectivity index (χ1v) is 7.48. The van der Waals surface area contributed by atoms with Gasteiger partial charge < -0.3 is 9.84 Å². The highest BCUT2D eigenvalue weighted by Crippen LogP contribution is 2.52. The van der Waals surface area contributed by atoms with Crippen molar-refractivity contribution >= 4 is 33.4 Å². The van der Waals surface area contributed by atoms with Crippen LogP contribution in [0.4, 0.5) is 5.69 Å². The molecule has 4 rings (SSSR count). The Morgan fingerprint density at radius 2 is 2.14 bits per heavy atom. The van der Waals surface area contributed by atoms with Gasteiger partial charge >= 0.3 is 0 Å². The largest absolute Gasteiger partial charge is 0.393 e. The van der Waals surface area contributed by atoms with Gasteiger partial charge in [-0.05, 0) is 18.2 Å². The summed E-state index contributed by atoms with van der Waals surface area (Å²) in [5.41, 5.74) is -0.496. The third-order valence-corrected chi connectivity index (χ3v) is 4.96. The maximum Gasteiger partial charge on any atom is 0.241 e. The predicted octanol–water partition coefficient (Wildman–Crippen LogP) is 1.25. The predicted molar refractivity (Wildman–Crippen MR) is 77.4 cm³/mol. The van der Waals surface area contributed by atoms with E-state index >= 15 is 0 Å².